The maximum Gasteiger partial charge on any atom is 0.192 e. The molecule has 0 aromatic rings. The van der Waals surface area contributed by atoms with E-state index in [1.807, 2.05) is 0 Å². The second-order valence-corrected chi connectivity index (χ2v) is 12.6. The summed E-state index contributed by atoms with van der Waals surface area (Å²) in [4.78, 5) is 0. The van der Waals surface area contributed by atoms with Gasteiger partial charge < -0.3 is 4.43 Å². The molecule has 2 unspecified atom stereocenters. The van der Waals surface area contributed by atoms with Crippen LogP contribution < -0.4 is 0 Å². The van der Waals surface area contributed by atoms with Crippen LogP contribution in [-0.4, -0.2) is 18.3 Å². The zero-order valence-electron chi connectivity index (χ0n) is 10.8. The second-order valence-electron chi connectivity index (χ2n) is 6.22. The lowest BCUT2D eigenvalue weighted by molar-refractivity contribution is 0.149. The average Bonchev–Trinajstić information content (AvgIpc) is 2.06. The van der Waals surface area contributed by atoms with Gasteiger partial charge in [-0.05, 0) is 31.0 Å². The topological polar surface area (TPSA) is 9.23 Å². The molecule has 1 rings (SSSR count). The van der Waals surface area contributed by atoms with Gasteiger partial charge in [0.2, 0.25) is 0 Å². The normalized spacial score (nSPS) is 29.2. The van der Waals surface area contributed by atoms with Gasteiger partial charge >= 0.3 is 0 Å². The Hall–Kier alpha value is 0.907. The summed E-state index contributed by atoms with van der Waals surface area (Å²) in [5.74, 6) is 0. The molecular formula is C12H25IOSi. The van der Waals surface area contributed by atoms with E-state index in [0.717, 1.165) is 3.92 Å². The van der Waals surface area contributed by atoms with Crippen molar-refractivity contribution in [3.8, 4) is 0 Å². The Labute approximate surface area is 110 Å². The van der Waals surface area contributed by atoms with E-state index in [1.165, 1.54) is 25.7 Å². The Balaban J connectivity index is 2.59. The van der Waals surface area contributed by atoms with Gasteiger partial charge in [-0.1, -0.05) is 56.2 Å². The summed E-state index contributed by atoms with van der Waals surface area (Å²) in [6, 6.07) is 0. The molecule has 1 saturated carbocycles. The largest absolute Gasteiger partial charge is 0.413 e. The van der Waals surface area contributed by atoms with Gasteiger partial charge in [-0.3, -0.25) is 0 Å². The zero-order valence-corrected chi connectivity index (χ0v) is 13.9. The van der Waals surface area contributed by atoms with Crippen molar-refractivity contribution in [3.05, 3.63) is 0 Å². The Bertz CT molecular complexity index is 210. The number of halogens is 1. The van der Waals surface area contributed by atoms with Crippen molar-refractivity contribution in [2.45, 2.75) is 74.6 Å². The van der Waals surface area contributed by atoms with Crippen molar-refractivity contribution < 1.29 is 4.43 Å². The SMILES string of the molecule is CC(C)(C)[Si](C)(C)OC1CCCCC1I. The minimum absolute atomic E-state index is 0.348. The van der Waals surface area contributed by atoms with E-state index >= 15 is 0 Å². The highest BCUT2D eigenvalue weighted by atomic mass is 127. The zero-order chi connectivity index (χ0) is 11.7. The minimum Gasteiger partial charge on any atom is -0.413 e. The fourth-order valence-electron chi connectivity index (χ4n) is 1.74. The minimum atomic E-state index is -1.54. The molecule has 0 radical (unpaired) electrons. The first-order valence-corrected chi connectivity index (χ1v) is 10.2. The molecule has 90 valence electrons. The van der Waals surface area contributed by atoms with Gasteiger partial charge in [0.25, 0.3) is 0 Å². The van der Waals surface area contributed by atoms with E-state index in [9.17, 15) is 0 Å². The van der Waals surface area contributed by atoms with Crippen LogP contribution in [0, 0.1) is 0 Å². The number of alkyl halides is 1. The molecule has 1 aliphatic carbocycles. The lowest BCUT2D eigenvalue weighted by atomic mass is 9.98. The third-order valence-corrected chi connectivity index (χ3v) is 9.80. The first-order valence-electron chi connectivity index (χ1n) is 6.06. The Morgan fingerprint density at radius 1 is 1.13 bits per heavy atom. The molecule has 2 atom stereocenters. The van der Waals surface area contributed by atoms with Crippen molar-refractivity contribution in [1.82, 2.24) is 0 Å². The summed E-state index contributed by atoms with van der Waals surface area (Å²) in [6.07, 6.45) is 5.91. The molecule has 1 fully saturated rings. The van der Waals surface area contributed by atoms with E-state index < -0.39 is 8.32 Å². The fourth-order valence-corrected chi connectivity index (χ4v) is 4.36. The summed E-state index contributed by atoms with van der Waals surface area (Å²) >= 11 is 2.58. The van der Waals surface area contributed by atoms with Gasteiger partial charge in [0.1, 0.15) is 0 Å². The molecule has 1 nitrogen and oxygen atoms in total. The standard InChI is InChI=1S/C12H25IOSi/c1-12(2,3)15(4,5)14-11-9-7-6-8-10(11)13/h10-11H,6-9H2,1-5H3. The smallest absolute Gasteiger partial charge is 0.192 e. The van der Waals surface area contributed by atoms with Crippen molar-refractivity contribution in [2.75, 3.05) is 0 Å². The molecule has 3 heteroatoms. The molecule has 0 spiro atoms. The third kappa shape index (κ3) is 3.70. The fraction of sp³-hybridized carbons (Fsp3) is 1.00. The van der Waals surface area contributed by atoms with E-state index in [1.54, 1.807) is 0 Å². The van der Waals surface area contributed by atoms with Gasteiger partial charge in [0.05, 0.1) is 6.10 Å². The lowest BCUT2D eigenvalue weighted by Gasteiger charge is -2.41. The maximum atomic E-state index is 6.49. The molecule has 0 N–H and O–H groups in total. The van der Waals surface area contributed by atoms with Crippen molar-refractivity contribution in [2.24, 2.45) is 0 Å². The number of rotatable bonds is 2. The van der Waals surface area contributed by atoms with Crippen molar-refractivity contribution in [3.63, 3.8) is 0 Å². The Kier molecular flexibility index (Phi) is 4.70. The van der Waals surface area contributed by atoms with Crippen LogP contribution >= 0.6 is 22.6 Å². The highest BCUT2D eigenvalue weighted by Crippen LogP contribution is 2.40. The molecule has 0 bridgehead atoms. The third-order valence-electron chi connectivity index (χ3n) is 3.87. The Morgan fingerprint density at radius 2 is 1.67 bits per heavy atom. The number of hydrogen-bond acceptors (Lipinski definition) is 1. The van der Waals surface area contributed by atoms with Gasteiger partial charge in [-0.25, -0.2) is 0 Å². The predicted molar refractivity (Wildman–Crippen MR) is 78.3 cm³/mol. The maximum absolute atomic E-state index is 6.49. The molecular weight excluding hydrogens is 315 g/mol. The lowest BCUT2D eigenvalue weighted by Crippen LogP contribution is -2.46. The summed E-state index contributed by atoms with van der Waals surface area (Å²) in [5, 5.41) is 0.348. The molecule has 0 heterocycles. The van der Waals surface area contributed by atoms with Crippen LogP contribution in [0.4, 0.5) is 0 Å². The van der Waals surface area contributed by atoms with Crippen LogP contribution in [0.3, 0.4) is 0 Å². The van der Waals surface area contributed by atoms with Crippen LogP contribution in [-0.2, 0) is 4.43 Å². The van der Waals surface area contributed by atoms with Crippen LogP contribution in [0.15, 0.2) is 0 Å². The van der Waals surface area contributed by atoms with E-state index in [-0.39, 0.29) is 0 Å². The van der Waals surface area contributed by atoms with Gasteiger partial charge in [0, 0.05) is 3.92 Å². The van der Waals surface area contributed by atoms with Crippen LogP contribution in [0.25, 0.3) is 0 Å². The quantitative estimate of drug-likeness (QED) is 0.400. The summed E-state index contributed by atoms with van der Waals surface area (Å²) in [7, 11) is -1.54. The molecule has 0 saturated heterocycles. The van der Waals surface area contributed by atoms with Crippen LogP contribution in [0.1, 0.15) is 46.5 Å². The highest BCUT2D eigenvalue weighted by Gasteiger charge is 2.40. The van der Waals surface area contributed by atoms with Gasteiger partial charge in [-0.15, -0.1) is 0 Å². The summed E-state index contributed by atoms with van der Waals surface area (Å²) in [6.45, 7) is 11.7. The summed E-state index contributed by atoms with van der Waals surface area (Å²) < 4.78 is 7.23. The van der Waals surface area contributed by atoms with Crippen LogP contribution in [0.5, 0.6) is 0 Å². The monoisotopic (exact) mass is 340 g/mol. The van der Waals surface area contributed by atoms with Crippen molar-refractivity contribution >= 4 is 30.9 Å². The molecule has 0 amide bonds. The first-order chi connectivity index (χ1) is 6.74. The molecule has 0 aromatic carbocycles. The van der Waals surface area contributed by atoms with Crippen molar-refractivity contribution in [1.29, 1.82) is 0 Å². The van der Waals surface area contributed by atoms with E-state index in [0.29, 0.717) is 11.1 Å². The molecule has 0 aromatic heterocycles. The molecule has 0 aliphatic heterocycles. The number of hydrogen-bond donors (Lipinski definition) is 0. The summed E-state index contributed by atoms with van der Waals surface area (Å²) in [5.41, 5.74) is 0. The van der Waals surface area contributed by atoms with Gasteiger partial charge in [0.15, 0.2) is 8.32 Å². The molecule has 15 heavy (non-hydrogen) atoms. The van der Waals surface area contributed by atoms with Gasteiger partial charge in [-0.2, -0.15) is 0 Å². The molecule has 1 aliphatic rings. The second kappa shape index (κ2) is 5.04. The highest BCUT2D eigenvalue weighted by molar-refractivity contribution is 14.1. The average molecular weight is 340 g/mol. The first kappa shape index (κ1) is 14.0. The Morgan fingerprint density at radius 3 is 2.13 bits per heavy atom. The van der Waals surface area contributed by atoms with E-state index in [2.05, 4.69) is 56.5 Å². The van der Waals surface area contributed by atoms with Crippen LogP contribution in [0.2, 0.25) is 18.1 Å². The van der Waals surface area contributed by atoms with E-state index in [4.69, 9.17) is 4.43 Å². The predicted octanol–water partition coefficient (Wildman–Crippen LogP) is 4.75.